The lowest BCUT2D eigenvalue weighted by Crippen LogP contribution is -3.11. The molecule has 0 aliphatic carbocycles. The van der Waals surface area contributed by atoms with Crippen LogP contribution >= 0.6 is 0 Å². The van der Waals surface area contributed by atoms with E-state index in [1.165, 1.54) is 5.56 Å². The molecule has 0 saturated carbocycles. The highest BCUT2D eigenvalue weighted by Crippen LogP contribution is 2.08. The third-order valence-electron chi connectivity index (χ3n) is 3.39. The van der Waals surface area contributed by atoms with Crippen LogP contribution in [0.4, 0.5) is 0 Å². The minimum Gasteiger partial charge on any atom is -0.369 e. The van der Waals surface area contributed by atoms with Crippen LogP contribution in [0.15, 0.2) is 30.3 Å². The fraction of sp³-hybridized carbons (Fsp3) is 0.462. The van der Waals surface area contributed by atoms with Crippen LogP contribution in [0.5, 0.6) is 0 Å². The molecule has 1 amide bonds. The summed E-state index contributed by atoms with van der Waals surface area (Å²) in [6, 6.07) is 10.5. The van der Waals surface area contributed by atoms with Crippen molar-refractivity contribution in [3.63, 3.8) is 0 Å². The first-order chi connectivity index (χ1) is 7.75. The van der Waals surface area contributed by atoms with E-state index in [2.05, 4.69) is 24.3 Å². The minimum absolute atomic E-state index is 0.111. The summed E-state index contributed by atoms with van der Waals surface area (Å²) in [5, 5.41) is 0. The van der Waals surface area contributed by atoms with Gasteiger partial charge in [0, 0.05) is 24.3 Å². The van der Waals surface area contributed by atoms with Gasteiger partial charge in [-0.05, 0) is 0 Å². The van der Waals surface area contributed by atoms with Crippen LogP contribution in [0.2, 0.25) is 0 Å². The molecular weight excluding hydrogens is 200 g/mol. The zero-order valence-corrected chi connectivity index (χ0v) is 9.49. The normalized spacial score (nSPS) is 25.2. The van der Waals surface area contributed by atoms with Crippen molar-refractivity contribution < 1.29 is 9.69 Å². The highest BCUT2D eigenvalue weighted by molar-refractivity contribution is 5.76. The van der Waals surface area contributed by atoms with E-state index in [1.807, 2.05) is 6.07 Å². The number of piperidine rings is 1. The molecule has 0 unspecified atom stereocenters. The van der Waals surface area contributed by atoms with E-state index in [0.29, 0.717) is 0 Å². The number of nitrogens with two attached hydrogens (primary N) is 1. The number of likely N-dealkylation sites (tertiary alicyclic amines) is 1. The lowest BCUT2D eigenvalue weighted by atomic mass is 9.96. The summed E-state index contributed by atoms with van der Waals surface area (Å²) in [6.07, 6.45) is 1.88. The molecule has 0 bridgehead atoms. The van der Waals surface area contributed by atoms with Gasteiger partial charge in [0.25, 0.3) is 0 Å². The molecule has 0 aromatic heterocycles. The van der Waals surface area contributed by atoms with Crippen LogP contribution in [0.1, 0.15) is 18.4 Å². The topological polar surface area (TPSA) is 47.5 Å². The summed E-state index contributed by atoms with van der Waals surface area (Å²) in [4.78, 5) is 12.6. The Labute approximate surface area is 96.2 Å². The molecule has 1 heterocycles. The van der Waals surface area contributed by atoms with Gasteiger partial charge in [0.1, 0.15) is 6.54 Å². The second-order valence-corrected chi connectivity index (χ2v) is 4.59. The van der Waals surface area contributed by atoms with E-state index in [0.717, 1.165) is 32.5 Å². The molecule has 1 fully saturated rings. The molecule has 3 N–H and O–H groups in total. The molecule has 0 radical (unpaired) electrons. The zero-order valence-electron chi connectivity index (χ0n) is 9.49. The highest BCUT2D eigenvalue weighted by atomic mass is 16.1. The van der Waals surface area contributed by atoms with Crippen molar-refractivity contribution in [1.29, 1.82) is 0 Å². The molecule has 1 saturated heterocycles. The fourth-order valence-corrected chi connectivity index (χ4v) is 2.37. The molecule has 3 nitrogen and oxygen atoms in total. The predicted octanol–water partition coefficient (Wildman–Crippen LogP) is -0.0332. The summed E-state index contributed by atoms with van der Waals surface area (Å²) in [6.45, 7) is 3.18. The smallest absolute Gasteiger partial charge is 0.220 e. The van der Waals surface area contributed by atoms with Gasteiger partial charge >= 0.3 is 0 Å². The van der Waals surface area contributed by atoms with Crippen molar-refractivity contribution >= 4 is 5.91 Å². The number of benzene rings is 1. The average Bonchev–Trinajstić information content (AvgIpc) is 2.31. The van der Waals surface area contributed by atoms with Gasteiger partial charge in [0.2, 0.25) is 5.91 Å². The molecule has 16 heavy (non-hydrogen) atoms. The minimum atomic E-state index is -0.126. The van der Waals surface area contributed by atoms with Crippen LogP contribution in [0, 0.1) is 5.92 Å². The van der Waals surface area contributed by atoms with Crippen molar-refractivity contribution in [2.24, 2.45) is 11.7 Å². The van der Waals surface area contributed by atoms with Crippen LogP contribution in [0.3, 0.4) is 0 Å². The molecule has 2 rings (SSSR count). The van der Waals surface area contributed by atoms with Crippen LogP contribution in [0.25, 0.3) is 0 Å². The number of hydrogen-bond donors (Lipinski definition) is 2. The van der Waals surface area contributed by atoms with E-state index in [4.69, 9.17) is 5.73 Å². The van der Waals surface area contributed by atoms with E-state index in [1.54, 1.807) is 4.90 Å². The third kappa shape index (κ3) is 2.83. The first-order valence-corrected chi connectivity index (χ1v) is 5.92. The van der Waals surface area contributed by atoms with Crippen LogP contribution in [-0.4, -0.2) is 19.0 Å². The van der Waals surface area contributed by atoms with Gasteiger partial charge < -0.3 is 10.6 Å². The molecule has 1 aromatic rings. The Bertz CT molecular complexity index is 342. The van der Waals surface area contributed by atoms with E-state index in [-0.39, 0.29) is 11.8 Å². The second kappa shape index (κ2) is 5.12. The standard InChI is InChI=1S/C13H18N2O/c14-13(16)12-6-8-15(9-7-12)10-11-4-2-1-3-5-11/h1-5,12H,6-10H2,(H2,14,16)/p+1. The number of nitrogens with one attached hydrogen (secondary N) is 1. The average molecular weight is 219 g/mol. The quantitative estimate of drug-likeness (QED) is 0.736. The predicted molar refractivity (Wildman–Crippen MR) is 62.8 cm³/mol. The SMILES string of the molecule is NC(=O)C1CC[NH+](Cc2ccccc2)CC1. The van der Waals surface area contributed by atoms with Gasteiger partial charge in [-0.2, -0.15) is 0 Å². The van der Waals surface area contributed by atoms with E-state index < -0.39 is 0 Å². The molecule has 0 spiro atoms. The maximum absolute atomic E-state index is 11.0. The van der Waals surface area contributed by atoms with Crippen molar-refractivity contribution in [3.8, 4) is 0 Å². The molecule has 0 atom stereocenters. The maximum Gasteiger partial charge on any atom is 0.220 e. The van der Waals surface area contributed by atoms with E-state index >= 15 is 0 Å². The third-order valence-corrected chi connectivity index (χ3v) is 3.39. The molecular formula is C13H19N2O+. The Morgan fingerprint density at radius 3 is 2.44 bits per heavy atom. The summed E-state index contributed by atoms with van der Waals surface area (Å²) in [7, 11) is 0. The second-order valence-electron chi connectivity index (χ2n) is 4.59. The Morgan fingerprint density at radius 2 is 1.88 bits per heavy atom. The molecule has 1 aromatic carbocycles. The molecule has 86 valence electrons. The van der Waals surface area contributed by atoms with Gasteiger partial charge in [0.15, 0.2) is 0 Å². The monoisotopic (exact) mass is 219 g/mol. The Morgan fingerprint density at radius 1 is 1.25 bits per heavy atom. The number of carbonyl (C=O) groups excluding carboxylic acids is 1. The van der Waals surface area contributed by atoms with Gasteiger partial charge in [0.05, 0.1) is 13.1 Å². The van der Waals surface area contributed by atoms with Gasteiger partial charge in [-0.15, -0.1) is 0 Å². The zero-order chi connectivity index (χ0) is 11.4. The molecule has 1 aliphatic heterocycles. The van der Waals surface area contributed by atoms with Crippen LogP contribution in [-0.2, 0) is 11.3 Å². The summed E-state index contributed by atoms with van der Waals surface area (Å²) >= 11 is 0. The lowest BCUT2D eigenvalue weighted by molar-refractivity contribution is -0.919. The van der Waals surface area contributed by atoms with Crippen molar-refractivity contribution in [3.05, 3.63) is 35.9 Å². The van der Waals surface area contributed by atoms with Gasteiger partial charge in [-0.3, -0.25) is 4.79 Å². The van der Waals surface area contributed by atoms with E-state index in [9.17, 15) is 4.79 Å². The molecule has 1 aliphatic rings. The van der Waals surface area contributed by atoms with Crippen LogP contribution < -0.4 is 10.6 Å². The number of primary amides is 1. The fourth-order valence-electron chi connectivity index (χ4n) is 2.37. The van der Waals surface area contributed by atoms with Crippen molar-refractivity contribution in [2.75, 3.05) is 13.1 Å². The van der Waals surface area contributed by atoms with Gasteiger partial charge in [-0.25, -0.2) is 0 Å². The summed E-state index contributed by atoms with van der Waals surface area (Å²) < 4.78 is 0. The highest BCUT2D eigenvalue weighted by Gasteiger charge is 2.25. The number of rotatable bonds is 3. The largest absolute Gasteiger partial charge is 0.369 e. The summed E-state index contributed by atoms with van der Waals surface area (Å²) in [5.74, 6) is -0.0155. The Balaban J connectivity index is 1.84. The number of carbonyl (C=O) groups is 1. The first kappa shape index (κ1) is 11.1. The van der Waals surface area contributed by atoms with Crippen molar-refractivity contribution in [2.45, 2.75) is 19.4 Å². The first-order valence-electron chi connectivity index (χ1n) is 5.92. The molecule has 3 heteroatoms. The van der Waals surface area contributed by atoms with Crippen molar-refractivity contribution in [1.82, 2.24) is 0 Å². The Kier molecular flexibility index (Phi) is 3.57. The maximum atomic E-state index is 11.0. The summed E-state index contributed by atoms with van der Waals surface area (Å²) in [5.41, 5.74) is 6.69. The number of quaternary nitrogens is 1. The number of amides is 1. The number of hydrogen-bond acceptors (Lipinski definition) is 1. The Hall–Kier alpha value is -1.35. The van der Waals surface area contributed by atoms with Gasteiger partial charge in [-0.1, -0.05) is 30.3 Å². The lowest BCUT2D eigenvalue weighted by Gasteiger charge is -2.27.